The molecule has 0 saturated carbocycles. The third-order valence-corrected chi connectivity index (χ3v) is 3.22. The maximum absolute atomic E-state index is 12.4. The van der Waals surface area contributed by atoms with Crippen LogP contribution in [0, 0.1) is 0 Å². The summed E-state index contributed by atoms with van der Waals surface area (Å²) in [5, 5.41) is 11.4. The second-order valence-electron chi connectivity index (χ2n) is 4.86. The van der Waals surface area contributed by atoms with Crippen molar-refractivity contribution in [2.75, 3.05) is 20.1 Å². The van der Waals surface area contributed by atoms with Crippen molar-refractivity contribution in [3.05, 3.63) is 0 Å². The molecular weight excluding hydrogens is 250 g/mol. The Labute approximate surface area is 112 Å². The molecule has 0 aromatic heterocycles. The number of nitrogens with zero attached hydrogens (tertiary/aromatic N) is 2. The highest BCUT2D eigenvalue weighted by atomic mass is 16.4. The van der Waals surface area contributed by atoms with Gasteiger partial charge < -0.3 is 20.2 Å². The van der Waals surface area contributed by atoms with Crippen LogP contribution in [0.4, 0.5) is 4.79 Å². The maximum atomic E-state index is 12.4. The Morgan fingerprint density at radius 3 is 2.53 bits per heavy atom. The van der Waals surface area contributed by atoms with Crippen molar-refractivity contribution in [1.82, 2.24) is 15.1 Å². The molecule has 1 rings (SSSR count). The third-order valence-electron chi connectivity index (χ3n) is 3.22. The summed E-state index contributed by atoms with van der Waals surface area (Å²) in [5.74, 6) is -1.26. The van der Waals surface area contributed by atoms with Crippen LogP contribution in [0.3, 0.4) is 0 Å². The first-order valence-corrected chi connectivity index (χ1v) is 6.39. The quantitative estimate of drug-likeness (QED) is 0.759. The van der Waals surface area contributed by atoms with Crippen LogP contribution in [0.25, 0.3) is 0 Å². The van der Waals surface area contributed by atoms with Gasteiger partial charge in [0.25, 0.3) is 0 Å². The fraction of sp³-hybridized carbons (Fsp3) is 0.750. The van der Waals surface area contributed by atoms with Gasteiger partial charge in [0.15, 0.2) is 0 Å². The topological polar surface area (TPSA) is 90.0 Å². The lowest BCUT2D eigenvalue weighted by Crippen LogP contribution is -2.53. The third kappa shape index (κ3) is 3.59. The minimum Gasteiger partial charge on any atom is -0.480 e. The molecule has 3 amide bonds. The molecule has 0 aliphatic carbocycles. The molecule has 1 heterocycles. The van der Waals surface area contributed by atoms with E-state index in [-0.39, 0.29) is 24.5 Å². The summed E-state index contributed by atoms with van der Waals surface area (Å²) in [5.41, 5.74) is 0. The number of aliphatic carboxylic acids is 1. The van der Waals surface area contributed by atoms with Gasteiger partial charge in [-0.25, -0.2) is 4.79 Å². The van der Waals surface area contributed by atoms with E-state index in [0.717, 1.165) is 6.42 Å². The average Bonchev–Trinajstić information content (AvgIpc) is 2.82. The van der Waals surface area contributed by atoms with Gasteiger partial charge in [-0.2, -0.15) is 0 Å². The fourth-order valence-corrected chi connectivity index (χ4v) is 2.22. The second-order valence-corrected chi connectivity index (χ2v) is 4.86. The van der Waals surface area contributed by atoms with Crippen molar-refractivity contribution in [1.29, 1.82) is 0 Å². The van der Waals surface area contributed by atoms with E-state index in [0.29, 0.717) is 13.0 Å². The summed E-state index contributed by atoms with van der Waals surface area (Å²) in [6.07, 6.45) is 1.37. The molecule has 108 valence electrons. The molecule has 1 aliphatic heterocycles. The molecule has 2 N–H and O–H groups in total. The number of carboxylic acid groups (broad SMARTS) is 1. The largest absolute Gasteiger partial charge is 0.480 e. The number of hydrogen-bond donors (Lipinski definition) is 2. The van der Waals surface area contributed by atoms with E-state index in [4.69, 9.17) is 5.11 Å². The number of rotatable bonds is 4. The normalized spacial score (nSPS) is 18.5. The number of hydrogen-bond acceptors (Lipinski definition) is 3. The van der Waals surface area contributed by atoms with Gasteiger partial charge in [0.1, 0.15) is 12.6 Å². The number of nitrogens with one attached hydrogen (secondary N) is 1. The van der Waals surface area contributed by atoms with Crippen molar-refractivity contribution in [3.63, 3.8) is 0 Å². The van der Waals surface area contributed by atoms with Crippen molar-refractivity contribution in [2.45, 2.75) is 38.8 Å². The molecule has 1 fully saturated rings. The van der Waals surface area contributed by atoms with E-state index in [1.807, 2.05) is 0 Å². The van der Waals surface area contributed by atoms with Crippen molar-refractivity contribution in [3.8, 4) is 0 Å². The van der Waals surface area contributed by atoms with E-state index < -0.39 is 12.0 Å². The van der Waals surface area contributed by atoms with Gasteiger partial charge in [0.05, 0.1) is 0 Å². The number of likely N-dealkylation sites (N-methyl/N-ethyl adjacent to an activating group) is 1. The van der Waals surface area contributed by atoms with Gasteiger partial charge >= 0.3 is 12.0 Å². The van der Waals surface area contributed by atoms with E-state index in [1.165, 1.54) is 16.8 Å². The summed E-state index contributed by atoms with van der Waals surface area (Å²) >= 11 is 0. The number of carbonyl (C=O) groups is 3. The highest BCUT2D eigenvalue weighted by Gasteiger charge is 2.36. The summed E-state index contributed by atoms with van der Waals surface area (Å²) in [6.45, 7) is 3.64. The van der Waals surface area contributed by atoms with Crippen molar-refractivity contribution >= 4 is 17.9 Å². The molecule has 0 bridgehead atoms. The Balaban J connectivity index is 2.83. The predicted molar refractivity (Wildman–Crippen MR) is 68.7 cm³/mol. The second kappa shape index (κ2) is 6.40. The molecule has 0 radical (unpaired) electrons. The number of amides is 3. The van der Waals surface area contributed by atoms with Crippen molar-refractivity contribution in [2.24, 2.45) is 0 Å². The van der Waals surface area contributed by atoms with E-state index >= 15 is 0 Å². The summed E-state index contributed by atoms with van der Waals surface area (Å²) in [7, 11) is 1.53. The molecule has 1 unspecified atom stereocenters. The van der Waals surface area contributed by atoms with Crippen LogP contribution in [0.1, 0.15) is 26.7 Å². The van der Waals surface area contributed by atoms with E-state index in [1.54, 1.807) is 13.8 Å². The minimum atomic E-state index is -1.06. The standard InChI is InChI=1S/C12H21N3O4/c1-8(2)15(7-10(16)17)12(19)14-6-4-5-9(14)11(18)13-3/h8-9H,4-7H2,1-3H3,(H,13,18)(H,16,17). The molecule has 1 aliphatic rings. The summed E-state index contributed by atoms with van der Waals surface area (Å²) in [4.78, 5) is 37.6. The lowest BCUT2D eigenvalue weighted by atomic mass is 10.2. The number of carboxylic acids is 1. The van der Waals surface area contributed by atoms with Gasteiger partial charge in [-0.15, -0.1) is 0 Å². The van der Waals surface area contributed by atoms with Crippen LogP contribution in [0.15, 0.2) is 0 Å². The van der Waals surface area contributed by atoms with Crippen molar-refractivity contribution < 1.29 is 19.5 Å². The Morgan fingerprint density at radius 1 is 1.42 bits per heavy atom. The van der Waals surface area contributed by atoms with Gasteiger partial charge in [-0.05, 0) is 26.7 Å². The molecule has 1 saturated heterocycles. The molecular formula is C12H21N3O4. The Morgan fingerprint density at radius 2 is 2.05 bits per heavy atom. The fourth-order valence-electron chi connectivity index (χ4n) is 2.22. The van der Waals surface area contributed by atoms with Crippen LogP contribution in [-0.4, -0.2) is 65.0 Å². The zero-order valence-corrected chi connectivity index (χ0v) is 11.5. The summed E-state index contributed by atoms with van der Waals surface area (Å²) < 4.78 is 0. The Hall–Kier alpha value is -1.79. The highest BCUT2D eigenvalue weighted by molar-refractivity contribution is 5.88. The average molecular weight is 271 g/mol. The van der Waals surface area contributed by atoms with Crippen LogP contribution in [0.5, 0.6) is 0 Å². The highest BCUT2D eigenvalue weighted by Crippen LogP contribution is 2.20. The molecule has 7 heteroatoms. The predicted octanol–water partition coefficient (Wildman–Crippen LogP) is 0.112. The van der Waals surface area contributed by atoms with E-state index in [9.17, 15) is 14.4 Å². The zero-order valence-electron chi connectivity index (χ0n) is 11.5. The van der Waals surface area contributed by atoms with Crippen LogP contribution < -0.4 is 5.32 Å². The smallest absolute Gasteiger partial charge is 0.323 e. The van der Waals surface area contributed by atoms with Gasteiger partial charge in [-0.1, -0.05) is 0 Å². The van der Waals surface area contributed by atoms with E-state index in [2.05, 4.69) is 5.32 Å². The van der Waals surface area contributed by atoms with Gasteiger partial charge in [0.2, 0.25) is 5.91 Å². The zero-order chi connectivity index (χ0) is 14.6. The van der Waals surface area contributed by atoms with Crippen LogP contribution in [0.2, 0.25) is 0 Å². The lowest BCUT2D eigenvalue weighted by molar-refractivity contribution is -0.138. The van der Waals surface area contributed by atoms with Gasteiger partial charge in [0, 0.05) is 19.6 Å². The monoisotopic (exact) mass is 271 g/mol. The first-order valence-electron chi connectivity index (χ1n) is 6.39. The SMILES string of the molecule is CNC(=O)C1CCCN1C(=O)N(CC(=O)O)C(C)C. The molecule has 0 aromatic carbocycles. The minimum absolute atomic E-state index is 0.204. The van der Waals surface area contributed by atoms with Gasteiger partial charge in [-0.3, -0.25) is 9.59 Å². The first kappa shape index (κ1) is 15.3. The summed E-state index contributed by atoms with van der Waals surface area (Å²) in [6, 6.07) is -1.11. The number of urea groups is 1. The Bertz CT molecular complexity index is 370. The number of likely N-dealkylation sites (tertiary alicyclic amines) is 1. The molecule has 19 heavy (non-hydrogen) atoms. The Kier molecular flexibility index (Phi) is 5.14. The van der Waals surface area contributed by atoms with Crippen LogP contribution in [-0.2, 0) is 9.59 Å². The molecule has 0 spiro atoms. The number of carbonyl (C=O) groups excluding carboxylic acids is 2. The molecule has 1 atom stereocenters. The van der Waals surface area contributed by atoms with Crippen LogP contribution >= 0.6 is 0 Å². The first-order chi connectivity index (χ1) is 8.88. The molecule has 0 aromatic rings. The molecule has 7 nitrogen and oxygen atoms in total. The maximum Gasteiger partial charge on any atom is 0.323 e. The lowest BCUT2D eigenvalue weighted by Gasteiger charge is -2.32.